The zero-order valence-corrected chi connectivity index (χ0v) is 14.0. The summed E-state index contributed by atoms with van der Waals surface area (Å²) in [6, 6.07) is 12.2. The van der Waals surface area contributed by atoms with Gasteiger partial charge in [0.2, 0.25) is 0 Å². The topological polar surface area (TPSA) is 75.7 Å². The van der Waals surface area contributed by atoms with E-state index in [-0.39, 0.29) is 24.3 Å². The lowest BCUT2D eigenvalue weighted by Crippen LogP contribution is -2.24. The normalized spacial score (nSPS) is 13.0. The van der Waals surface area contributed by atoms with E-state index in [1.807, 2.05) is 24.3 Å². The molecule has 1 aliphatic heterocycles. The Hall–Kier alpha value is -3.15. The van der Waals surface area contributed by atoms with Crippen LogP contribution in [0, 0.1) is 0 Å². The molecule has 1 aliphatic rings. The molecule has 0 aromatic heterocycles. The van der Waals surface area contributed by atoms with Crippen molar-refractivity contribution in [3.8, 4) is 5.75 Å². The molecule has 0 saturated heterocycles. The van der Waals surface area contributed by atoms with E-state index < -0.39 is 0 Å². The molecule has 25 heavy (non-hydrogen) atoms. The summed E-state index contributed by atoms with van der Waals surface area (Å²) in [7, 11) is 1.43. The Morgan fingerprint density at radius 2 is 1.72 bits per heavy atom. The van der Waals surface area contributed by atoms with E-state index in [0.717, 1.165) is 11.3 Å². The Labute approximate surface area is 145 Å². The number of hydrogen-bond acceptors (Lipinski definition) is 4. The Balaban J connectivity index is 1.62. The molecule has 0 bridgehead atoms. The van der Waals surface area contributed by atoms with Gasteiger partial charge in [0.15, 0.2) is 6.61 Å². The molecule has 0 saturated carbocycles. The van der Waals surface area contributed by atoms with Crippen LogP contribution in [-0.2, 0) is 11.2 Å². The molecular formula is C19H18N2O4. The van der Waals surface area contributed by atoms with Crippen LogP contribution in [0.4, 0.5) is 5.69 Å². The maximum Gasteiger partial charge on any atom is 0.262 e. The molecule has 2 aromatic rings. The molecule has 6 heteroatoms. The first-order valence-corrected chi connectivity index (χ1v) is 7.97. The van der Waals surface area contributed by atoms with Crippen LogP contribution in [-0.4, -0.2) is 36.3 Å². The van der Waals surface area contributed by atoms with Crippen molar-refractivity contribution in [1.82, 2.24) is 4.90 Å². The molecule has 0 fully saturated rings. The lowest BCUT2D eigenvalue weighted by molar-refractivity contribution is -0.118. The second kappa shape index (κ2) is 6.76. The van der Waals surface area contributed by atoms with Gasteiger partial charge in [0.25, 0.3) is 17.7 Å². The first-order valence-electron chi connectivity index (χ1n) is 7.97. The van der Waals surface area contributed by atoms with Gasteiger partial charge in [-0.1, -0.05) is 19.1 Å². The number of imide groups is 1. The third-order valence-electron chi connectivity index (χ3n) is 4.07. The number of anilines is 1. The second-order valence-corrected chi connectivity index (χ2v) is 5.76. The molecule has 0 spiro atoms. The van der Waals surface area contributed by atoms with Crippen molar-refractivity contribution < 1.29 is 19.1 Å². The van der Waals surface area contributed by atoms with Crippen LogP contribution in [0.2, 0.25) is 0 Å². The van der Waals surface area contributed by atoms with Crippen LogP contribution in [0.5, 0.6) is 5.75 Å². The van der Waals surface area contributed by atoms with Crippen LogP contribution in [0.3, 0.4) is 0 Å². The van der Waals surface area contributed by atoms with Gasteiger partial charge in [-0.25, -0.2) is 0 Å². The lowest BCUT2D eigenvalue weighted by Gasteiger charge is -2.08. The second-order valence-electron chi connectivity index (χ2n) is 5.76. The lowest BCUT2D eigenvalue weighted by atomic mass is 10.1. The number of amides is 3. The first-order chi connectivity index (χ1) is 12.0. The third-order valence-corrected chi connectivity index (χ3v) is 4.07. The first kappa shape index (κ1) is 16.7. The summed E-state index contributed by atoms with van der Waals surface area (Å²) in [4.78, 5) is 36.9. The van der Waals surface area contributed by atoms with Crippen molar-refractivity contribution in [2.24, 2.45) is 0 Å². The molecule has 3 amide bonds. The molecule has 0 unspecified atom stereocenters. The summed E-state index contributed by atoms with van der Waals surface area (Å²) in [5.41, 5.74) is 2.28. The van der Waals surface area contributed by atoms with Gasteiger partial charge in [0, 0.05) is 12.7 Å². The number of rotatable bonds is 5. The average Bonchev–Trinajstić information content (AvgIpc) is 2.84. The number of ether oxygens (including phenoxy) is 1. The SMILES string of the molecule is CCc1ccc(OCC(=O)Nc2ccc3c(c2)C(=O)N(C)C3=O)cc1. The standard InChI is InChI=1S/C19H18N2O4/c1-3-12-4-7-14(8-5-12)25-11-17(22)20-13-6-9-15-16(10-13)19(24)21(2)18(15)23/h4-10H,3,11H2,1-2H3,(H,20,22). The highest BCUT2D eigenvalue weighted by Gasteiger charge is 2.32. The van der Waals surface area contributed by atoms with Gasteiger partial charge < -0.3 is 10.1 Å². The van der Waals surface area contributed by atoms with Gasteiger partial charge in [-0.3, -0.25) is 19.3 Å². The monoisotopic (exact) mass is 338 g/mol. The Morgan fingerprint density at radius 1 is 1.04 bits per heavy atom. The van der Waals surface area contributed by atoms with E-state index in [1.165, 1.54) is 18.7 Å². The zero-order valence-electron chi connectivity index (χ0n) is 14.0. The van der Waals surface area contributed by atoms with Crippen LogP contribution in [0.1, 0.15) is 33.2 Å². The summed E-state index contributed by atoms with van der Waals surface area (Å²) in [5.74, 6) is -0.437. The molecule has 128 valence electrons. The van der Waals surface area contributed by atoms with E-state index in [0.29, 0.717) is 22.6 Å². The van der Waals surface area contributed by atoms with Gasteiger partial charge in [0.1, 0.15) is 5.75 Å². The molecule has 3 rings (SSSR count). The van der Waals surface area contributed by atoms with E-state index in [4.69, 9.17) is 4.74 Å². The minimum Gasteiger partial charge on any atom is -0.484 e. The molecule has 6 nitrogen and oxygen atoms in total. The largest absolute Gasteiger partial charge is 0.484 e. The van der Waals surface area contributed by atoms with Crippen molar-refractivity contribution in [3.05, 3.63) is 59.2 Å². The molecule has 0 aliphatic carbocycles. The van der Waals surface area contributed by atoms with Gasteiger partial charge in [-0.05, 0) is 42.3 Å². The fourth-order valence-corrected chi connectivity index (χ4v) is 2.61. The van der Waals surface area contributed by atoms with Crippen LogP contribution < -0.4 is 10.1 Å². The molecule has 1 N–H and O–H groups in total. The van der Waals surface area contributed by atoms with E-state index in [1.54, 1.807) is 12.1 Å². The average molecular weight is 338 g/mol. The van der Waals surface area contributed by atoms with Crippen molar-refractivity contribution in [1.29, 1.82) is 0 Å². The minimum atomic E-state index is -0.372. The van der Waals surface area contributed by atoms with Crippen LogP contribution in [0.15, 0.2) is 42.5 Å². The highest BCUT2D eigenvalue weighted by atomic mass is 16.5. The maximum absolute atomic E-state index is 12.0. The molecule has 0 atom stereocenters. The summed E-state index contributed by atoms with van der Waals surface area (Å²) >= 11 is 0. The summed E-state index contributed by atoms with van der Waals surface area (Å²) in [5, 5.41) is 2.67. The smallest absolute Gasteiger partial charge is 0.262 e. The van der Waals surface area contributed by atoms with Gasteiger partial charge in [0.05, 0.1) is 11.1 Å². The Kier molecular flexibility index (Phi) is 4.52. The Morgan fingerprint density at radius 3 is 2.40 bits per heavy atom. The van der Waals surface area contributed by atoms with Gasteiger partial charge in [-0.15, -0.1) is 0 Å². The van der Waals surface area contributed by atoms with Crippen molar-refractivity contribution in [2.75, 3.05) is 19.0 Å². The third kappa shape index (κ3) is 3.38. The maximum atomic E-state index is 12.0. The molecule has 2 aromatic carbocycles. The van der Waals surface area contributed by atoms with Crippen molar-refractivity contribution in [2.45, 2.75) is 13.3 Å². The van der Waals surface area contributed by atoms with Gasteiger partial charge >= 0.3 is 0 Å². The highest BCUT2D eigenvalue weighted by Crippen LogP contribution is 2.24. The number of carbonyl (C=O) groups excluding carboxylic acids is 3. The summed E-state index contributed by atoms with van der Waals surface area (Å²) < 4.78 is 5.45. The Bertz CT molecular complexity index is 843. The van der Waals surface area contributed by atoms with E-state index in [2.05, 4.69) is 12.2 Å². The predicted octanol–water partition coefficient (Wildman–Crippen LogP) is 2.49. The zero-order chi connectivity index (χ0) is 18.0. The molecule has 0 radical (unpaired) electrons. The van der Waals surface area contributed by atoms with E-state index >= 15 is 0 Å². The fourth-order valence-electron chi connectivity index (χ4n) is 2.61. The number of carbonyl (C=O) groups is 3. The summed E-state index contributed by atoms with van der Waals surface area (Å²) in [6.07, 6.45) is 0.940. The quantitative estimate of drug-likeness (QED) is 0.850. The van der Waals surface area contributed by atoms with Gasteiger partial charge in [-0.2, -0.15) is 0 Å². The number of nitrogens with zero attached hydrogens (tertiary/aromatic N) is 1. The minimum absolute atomic E-state index is 0.144. The predicted molar refractivity (Wildman–Crippen MR) is 92.8 cm³/mol. The number of nitrogens with one attached hydrogen (secondary N) is 1. The van der Waals surface area contributed by atoms with E-state index in [9.17, 15) is 14.4 Å². The number of hydrogen-bond donors (Lipinski definition) is 1. The molecule has 1 heterocycles. The highest BCUT2D eigenvalue weighted by molar-refractivity contribution is 6.21. The summed E-state index contributed by atoms with van der Waals surface area (Å²) in [6.45, 7) is 1.92. The van der Waals surface area contributed by atoms with Crippen molar-refractivity contribution >= 4 is 23.4 Å². The fraction of sp³-hybridized carbons (Fsp3) is 0.211. The van der Waals surface area contributed by atoms with Crippen molar-refractivity contribution in [3.63, 3.8) is 0 Å². The number of benzene rings is 2. The molecular weight excluding hydrogens is 320 g/mol. The van der Waals surface area contributed by atoms with Crippen LogP contribution in [0.25, 0.3) is 0 Å². The van der Waals surface area contributed by atoms with Crippen LogP contribution >= 0.6 is 0 Å². The number of aryl methyl sites for hydroxylation is 1. The number of fused-ring (bicyclic) bond motifs is 1.